The molecule has 0 saturated carbocycles. The maximum Gasteiger partial charge on any atom is 0.0548 e. The van der Waals surface area contributed by atoms with Crippen molar-refractivity contribution in [3.63, 3.8) is 0 Å². The van der Waals surface area contributed by atoms with Gasteiger partial charge in [-0.15, -0.1) is 11.3 Å². The number of halogens is 1. The number of nitrogens with zero attached hydrogens (tertiary/aromatic N) is 1. The summed E-state index contributed by atoms with van der Waals surface area (Å²) >= 11 is 7.97. The largest absolute Gasteiger partial charge is 0.314 e. The molecule has 2 nitrogen and oxygen atoms in total. The minimum atomic E-state index is 0.952. The van der Waals surface area contributed by atoms with Crippen LogP contribution < -0.4 is 5.32 Å². The molecule has 84 valence electrons. The predicted molar refractivity (Wildman–Crippen MR) is 67.1 cm³/mol. The second kappa shape index (κ2) is 5.30. The molecular formula is C11H17ClN2S. The molecule has 0 amide bonds. The summed E-state index contributed by atoms with van der Waals surface area (Å²) in [5, 5.41) is 4.31. The molecule has 0 radical (unpaired) electrons. The van der Waals surface area contributed by atoms with Crippen LogP contribution in [0.2, 0.25) is 5.02 Å². The van der Waals surface area contributed by atoms with Crippen molar-refractivity contribution >= 4 is 22.9 Å². The highest BCUT2D eigenvalue weighted by molar-refractivity contribution is 7.12. The van der Waals surface area contributed by atoms with Crippen molar-refractivity contribution < 1.29 is 0 Å². The molecule has 1 aromatic heterocycles. The SMILES string of the molecule is Cc1cc(Cl)c(CCN2CCNCC2)s1. The van der Waals surface area contributed by atoms with E-state index in [-0.39, 0.29) is 0 Å². The lowest BCUT2D eigenvalue weighted by molar-refractivity contribution is 0.244. The van der Waals surface area contributed by atoms with E-state index >= 15 is 0 Å². The lowest BCUT2D eigenvalue weighted by Gasteiger charge is -2.26. The second-order valence-corrected chi connectivity index (χ2v) is 5.72. The highest BCUT2D eigenvalue weighted by Crippen LogP contribution is 2.26. The Kier molecular flexibility index (Phi) is 4.03. The molecule has 2 rings (SSSR count). The van der Waals surface area contributed by atoms with Gasteiger partial charge in [0.2, 0.25) is 0 Å². The smallest absolute Gasteiger partial charge is 0.0548 e. The Morgan fingerprint density at radius 3 is 2.80 bits per heavy atom. The number of thiophene rings is 1. The Labute approximate surface area is 100 Å². The van der Waals surface area contributed by atoms with Crippen molar-refractivity contribution in [1.29, 1.82) is 0 Å². The van der Waals surface area contributed by atoms with E-state index < -0.39 is 0 Å². The molecule has 0 bridgehead atoms. The van der Waals surface area contributed by atoms with Gasteiger partial charge in [-0.3, -0.25) is 0 Å². The molecule has 1 N–H and O–H groups in total. The van der Waals surface area contributed by atoms with Gasteiger partial charge in [-0.25, -0.2) is 0 Å². The third-order valence-corrected chi connectivity index (χ3v) is 4.30. The van der Waals surface area contributed by atoms with E-state index in [9.17, 15) is 0 Å². The standard InChI is InChI=1S/C11H17ClN2S/c1-9-8-10(12)11(15-9)2-5-14-6-3-13-4-7-14/h8,13H,2-7H2,1H3. The lowest BCUT2D eigenvalue weighted by Crippen LogP contribution is -2.44. The Morgan fingerprint density at radius 2 is 2.20 bits per heavy atom. The van der Waals surface area contributed by atoms with Gasteiger partial charge in [0.25, 0.3) is 0 Å². The normalized spacial score (nSPS) is 18.3. The van der Waals surface area contributed by atoms with Gasteiger partial charge < -0.3 is 10.2 Å². The average molecular weight is 245 g/mol. The molecule has 0 aromatic carbocycles. The Hall–Kier alpha value is -0.0900. The van der Waals surface area contributed by atoms with Gasteiger partial charge in [0, 0.05) is 42.5 Å². The van der Waals surface area contributed by atoms with E-state index in [1.165, 1.54) is 22.8 Å². The molecule has 15 heavy (non-hydrogen) atoms. The molecule has 0 spiro atoms. The van der Waals surface area contributed by atoms with Crippen LogP contribution in [-0.2, 0) is 6.42 Å². The van der Waals surface area contributed by atoms with Crippen molar-refractivity contribution in [3.05, 3.63) is 20.8 Å². The molecule has 1 aromatic rings. The fourth-order valence-electron chi connectivity index (χ4n) is 1.90. The van der Waals surface area contributed by atoms with Gasteiger partial charge in [-0.05, 0) is 19.4 Å². The van der Waals surface area contributed by atoms with Gasteiger partial charge >= 0.3 is 0 Å². The van der Waals surface area contributed by atoms with E-state index in [2.05, 4.69) is 23.2 Å². The third kappa shape index (κ3) is 3.18. The topological polar surface area (TPSA) is 15.3 Å². The van der Waals surface area contributed by atoms with Gasteiger partial charge in [0.05, 0.1) is 5.02 Å². The van der Waals surface area contributed by atoms with E-state index in [0.29, 0.717) is 0 Å². The molecule has 0 atom stereocenters. The fourth-order valence-corrected chi connectivity index (χ4v) is 3.25. The Morgan fingerprint density at radius 1 is 1.47 bits per heavy atom. The second-order valence-electron chi connectivity index (χ2n) is 3.97. The molecule has 0 aliphatic carbocycles. The van der Waals surface area contributed by atoms with Crippen molar-refractivity contribution in [2.45, 2.75) is 13.3 Å². The quantitative estimate of drug-likeness (QED) is 0.877. The summed E-state index contributed by atoms with van der Waals surface area (Å²) in [6.07, 6.45) is 1.09. The van der Waals surface area contributed by atoms with Crippen LogP contribution in [-0.4, -0.2) is 37.6 Å². The number of hydrogen-bond donors (Lipinski definition) is 1. The zero-order valence-corrected chi connectivity index (χ0v) is 10.6. The average Bonchev–Trinajstić information content (AvgIpc) is 2.56. The van der Waals surface area contributed by atoms with Crippen LogP contribution in [0.3, 0.4) is 0 Å². The molecule has 1 aliphatic rings. The van der Waals surface area contributed by atoms with E-state index in [0.717, 1.165) is 31.1 Å². The van der Waals surface area contributed by atoms with Crippen LogP contribution in [0, 0.1) is 6.92 Å². The summed E-state index contributed by atoms with van der Waals surface area (Å²) in [7, 11) is 0. The van der Waals surface area contributed by atoms with E-state index in [1.54, 1.807) is 0 Å². The maximum absolute atomic E-state index is 6.14. The summed E-state index contributed by atoms with van der Waals surface area (Å²) in [6.45, 7) is 7.84. The first-order chi connectivity index (χ1) is 7.25. The zero-order valence-electron chi connectivity index (χ0n) is 9.05. The van der Waals surface area contributed by atoms with Crippen molar-refractivity contribution in [2.75, 3.05) is 32.7 Å². The lowest BCUT2D eigenvalue weighted by atomic mass is 10.3. The Bertz CT molecular complexity index is 318. The van der Waals surface area contributed by atoms with E-state index in [4.69, 9.17) is 11.6 Å². The van der Waals surface area contributed by atoms with Crippen LogP contribution in [0.1, 0.15) is 9.75 Å². The molecule has 2 heterocycles. The highest BCUT2D eigenvalue weighted by atomic mass is 35.5. The van der Waals surface area contributed by atoms with Crippen LogP contribution in [0.5, 0.6) is 0 Å². The number of piperazine rings is 1. The van der Waals surface area contributed by atoms with Crippen molar-refractivity contribution in [2.24, 2.45) is 0 Å². The first-order valence-electron chi connectivity index (χ1n) is 5.43. The summed E-state index contributed by atoms with van der Waals surface area (Å²) in [4.78, 5) is 5.16. The van der Waals surface area contributed by atoms with Crippen LogP contribution >= 0.6 is 22.9 Å². The summed E-state index contributed by atoms with van der Waals surface area (Å²) in [5.41, 5.74) is 0. The first-order valence-corrected chi connectivity index (χ1v) is 6.63. The molecule has 1 saturated heterocycles. The van der Waals surface area contributed by atoms with Gasteiger partial charge in [-0.2, -0.15) is 0 Å². The minimum Gasteiger partial charge on any atom is -0.314 e. The van der Waals surface area contributed by atoms with E-state index in [1.807, 2.05) is 11.3 Å². The summed E-state index contributed by atoms with van der Waals surface area (Å²) in [6, 6.07) is 2.07. The van der Waals surface area contributed by atoms with Gasteiger partial charge in [0.15, 0.2) is 0 Å². The molecule has 1 aliphatic heterocycles. The molecule has 4 heteroatoms. The summed E-state index contributed by atoms with van der Waals surface area (Å²) < 4.78 is 0. The van der Waals surface area contributed by atoms with Crippen molar-refractivity contribution in [3.8, 4) is 0 Å². The molecule has 1 fully saturated rings. The monoisotopic (exact) mass is 244 g/mol. The number of rotatable bonds is 3. The number of aryl methyl sites for hydroxylation is 1. The van der Waals surface area contributed by atoms with Gasteiger partial charge in [0.1, 0.15) is 0 Å². The van der Waals surface area contributed by atoms with Crippen LogP contribution in [0.15, 0.2) is 6.07 Å². The van der Waals surface area contributed by atoms with Crippen LogP contribution in [0.25, 0.3) is 0 Å². The van der Waals surface area contributed by atoms with Crippen molar-refractivity contribution in [1.82, 2.24) is 10.2 Å². The van der Waals surface area contributed by atoms with Gasteiger partial charge in [-0.1, -0.05) is 11.6 Å². The maximum atomic E-state index is 6.14. The number of nitrogens with one attached hydrogen (secondary N) is 1. The predicted octanol–water partition coefficient (Wildman–Crippen LogP) is 2.16. The first kappa shape index (κ1) is 11.4. The number of hydrogen-bond acceptors (Lipinski definition) is 3. The summed E-state index contributed by atoms with van der Waals surface area (Å²) in [5.74, 6) is 0. The minimum absolute atomic E-state index is 0.952. The fraction of sp³-hybridized carbons (Fsp3) is 0.636. The Balaban J connectivity index is 1.84. The highest BCUT2D eigenvalue weighted by Gasteiger charge is 2.11. The molecular weight excluding hydrogens is 228 g/mol. The van der Waals surface area contributed by atoms with Crippen LogP contribution in [0.4, 0.5) is 0 Å². The third-order valence-electron chi connectivity index (χ3n) is 2.75. The molecule has 0 unspecified atom stereocenters. The zero-order chi connectivity index (χ0) is 10.7.